The summed E-state index contributed by atoms with van der Waals surface area (Å²) in [6.07, 6.45) is 0. The summed E-state index contributed by atoms with van der Waals surface area (Å²) in [4.78, 5) is 1.26. The first-order valence-corrected chi connectivity index (χ1v) is 8.25. The van der Waals surface area contributed by atoms with E-state index in [4.69, 9.17) is 23.8 Å². The molecule has 0 unspecified atom stereocenters. The van der Waals surface area contributed by atoms with E-state index < -0.39 is 0 Å². The molecule has 0 spiro atoms. The minimum absolute atomic E-state index is 0.545. The third-order valence-corrected chi connectivity index (χ3v) is 4.17. The van der Waals surface area contributed by atoms with Crippen molar-refractivity contribution in [3.8, 4) is 0 Å². The molecule has 0 saturated heterocycles. The maximum Gasteiger partial charge on any atom is 0.185 e. The Morgan fingerprint density at radius 2 is 1.76 bits per heavy atom. The fourth-order valence-electron chi connectivity index (χ4n) is 1.58. The van der Waals surface area contributed by atoms with Gasteiger partial charge in [0.2, 0.25) is 0 Å². The van der Waals surface area contributed by atoms with Gasteiger partial charge in [-0.2, -0.15) is 0 Å². The lowest BCUT2D eigenvalue weighted by molar-refractivity contribution is 0.936. The van der Waals surface area contributed by atoms with Gasteiger partial charge in [0.1, 0.15) is 0 Å². The van der Waals surface area contributed by atoms with Crippen LogP contribution in [-0.2, 0) is 0 Å². The zero-order valence-corrected chi connectivity index (χ0v) is 13.7. The van der Waals surface area contributed by atoms with Gasteiger partial charge >= 0.3 is 0 Å². The smallest absolute Gasteiger partial charge is 0.185 e. The summed E-state index contributed by atoms with van der Waals surface area (Å²) in [6, 6.07) is 17.8. The van der Waals surface area contributed by atoms with Gasteiger partial charge < -0.3 is 5.32 Å². The van der Waals surface area contributed by atoms with E-state index in [-0.39, 0.29) is 0 Å². The first-order chi connectivity index (χ1) is 10.3. The number of nitrogens with one attached hydrogen (secondary N) is 3. The number of hydrogen-bond donors (Lipinski definition) is 3. The predicted molar refractivity (Wildman–Crippen MR) is 96.0 cm³/mol. The highest BCUT2D eigenvalue weighted by Gasteiger charge is 1.99. The molecular weight excluding hydrogens is 322 g/mol. The maximum absolute atomic E-state index is 6.03. The lowest BCUT2D eigenvalue weighted by Crippen LogP contribution is -2.39. The molecule has 6 heteroatoms. The first-order valence-electron chi connectivity index (χ1n) is 6.48. The molecule has 0 heterocycles. The van der Waals surface area contributed by atoms with Crippen molar-refractivity contribution in [1.82, 2.24) is 10.7 Å². The molecule has 2 rings (SSSR count). The summed E-state index contributed by atoms with van der Waals surface area (Å²) >= 11 is 13.0. The van der Waals surface area contributed by atoms with Crippen LogP contribution in [0.2, 0.25) is 5.02 Å². The Kier molecular flexibility index (Phi) is 6.66. The summed E-state index contributed by atoms with van der Waals surface area (Å²) in [7, 11) is 0. The number of thiocarbonyl (C=S) groups is 1. The topological polar surface area (TPSA) is 36.1 Å². The lowest BCUT2D eigenvalue weighted by Gasteiger charge is -2.13. The fourth-order valence-corrected chi connectivity index (χ4v) is 2.71. The van der Waals surface area contributed by atoms with Crippen molar-refractivity contribution in [3.63, 3.8) is 0 Å². The average Bonchev–Trinajstić information content (AvgIpc) is 2.52. The van der Waals surface area contributed by atoms with Crippen LogP contribution in [0.25, 0.3) is 0 Å². The summed E-state index contributed by atoms with van der Waals surface area (Å²) in [5.74, 6) is 0.942. The van der Waals surface area contributed by atoms with Crippen molar-refractivity contribution in [2.24, 2.45) is 0 Å². The molecule has 0 aliphatic heterocycles. The van der Waals surface area contributed by atoms with Gasteiger partial charge in [-0.05, 0) is 36.5 Å². The molecule has 0 amide bonds. The number of benzene rings is 2. The van der Waals surface area contributed by atoms with Crippen LogP contribution in [0.1, 0.15) is 0 Å². The molecule has 0 radical (unpaired) electrons. The van der Waals surface area contributed by atoms with Crippen molar-refractivity contribution >= 4 is 46.4 Å². The fraction of sp³-hybridized carbons (Fsp3) is 0.133. The molecule has 2 aromatic rings. The Balaban J connectivity index is 1.63. The average molecular weight is 338 g/mol. The highest BCUT2D eigenvalue weighted by Crippen LogP contribution is 2.19. The molecular formula is C15H16ClN3S2. The molecule has 0 bridgehead atoms. The van der Waals surface area contributed by atoms with E-state index in [9.17, 15) is 0 Å². The standard InChI is InChI=1S/C15H16ClN3S2/c16-13-8-4-5-9-14(13)18-19-15(20)17-10-11-21-12-6-2-1-3-7-12/h1-9,18H,10-11H2,(H2,17,19,20). The number of halogens is 1. The second-order valence-corrected chi connectivity index (χ2v) is 6.13. The number of thioether (sulfide) groups is 1. The van der Waals surface area contributed by atoms with E-state index in [1.165, 1.54) is 4.90 Å². The van der Waals surface area contributed by atoms with Crippen LogP contribution >= 0.6 is 35.6 Å². The molecule has 0 aliphatic rings. The van der Waals surface area contributed by atoms with Crippen LogP contribution in [0.5, 0.6) is 0 Å². The predicted octanol–water partition coefficient (Wildman–Crippen LogP) is 3.92. The Bertz CT molecular complexity index is 578. The normalized spacial score (nSPS) is 9.95. The monoisotopic (exact) mass is 337 g/mol. The second kappa shape index (κ2) is 8.77. The summed E-state index contributed by atoms with van der Waals surface area (Å²) < 4.78 is 0. The molecule has 21 heavy (non-hydrogen) atoms. The van der Waals surface area contributed by atoms with Gasteiger partial charge in [0.15, 0.2) is 5.11 Å². The van der Waals surface area contributed by atoms with E-state index >= 15 is 0 Å². The van der Waals surface area contributed by atoms with Gasteiger partial charge in [-0.25, -0.2) is 0 Å². The Labute approximate surface area is 139 Å². The number of hydrogen-bond acceptors (Lipinski definition) is 3. The van der Waals surface area contributed by atoms with Gasteiger partial charge in [-0.15, -0.1) is 11.8 Å². The van der Waals surface area contributed by atoms with Crippen molar-refractivity contribution < 1.29 is 0 Å². The van der Waals surface area contributed by atoms with Crippen LogP contribution < -0.4 is 16.2 Å². The third-order valence-electron chi connectivity index (χ3n) is 2.58. The van der Waals surface area contributed by atoms with Crippen molar-refractivity contribution in [2.45, 2.75) is 4.90 Å². The molecule has 3 nitrogen and oxygen atoms in total. The largest absolute Gasteiger partial charge is 0.361 e. The minimum atomic E-state index is 0.545. The van der Waals surface area contributed by atoms with E-state index in [0.29, 0.717) is 10.1 Å². The van der Waals surface area contributed by atoms with Crippen LogP contribution in [-0.4, -0.2) is 17.4 Å². The molecule has 0 fully saturated rings. The van der Waals surface area contributed by atoms with Crippen molar-refractivity contribution in [3.05, 3.63) is 59.6 Å². The molecule has 2 aromatic carbocycles. The van der Waals surface area contributed by atoms with Gasteiger partial charge in [0.25, 0.3) is 0 Å². The van der Waals surface area contributed by atoms with E-state index in [1.54, 1.807) is 11.8 Å². The van der Waals surface area contributed by atoms with Gasteiger partial charge in [-0.3, -0.25) is 10.9 Å². The van der Waals surface area contributed by atoms with Crippen LogP contribution in [0, 0.1) is 0 Å². The summed E-state index contributed by atoms with van der Waals surface area (Å²) in [6.45, 7) is 0.787. The lowest BCUT2D eigenvalue weighted by atomic mass is 10.3. The molecule has 0 aromatic heterocycles. The van der Waals surface area contributed by atoms with Gasteiger partial charge in [-0.1, -0.05) is 41.9 Å². The molecule has 0 saturated carbocycles. The number of para-hydroxylation sites is 1. The summed E-state index contributed by atoms with van der Waals surface area (Å²) in [5, 5.41) is 4.33. The highest BCUT2D eigenvalue weighted by atomic mass is 35.5. The van der Waals surface area contributed by atoms with Crippen LogP contribution in [0.4, 0.5) is 5.69 Å². The number of rotatable bonds is 6. The quantitative estimate of drug-likeness (QED) is 0.322. The van der Waals surface area contributed by atoms with E-state index in [1.807, 2.05) is 42.5 Å². The summed E-state index contributed by atoms with van der Waals surface area (Å²) in [5.41, 5.74) is 6.69. The Hall–Kier alpha value is -1.43. The molecule has 0 atom stereocenters. The van der Waals surface area contributed by atoms with Crippen LogP contribution in [0.3, 0.4) is 0 Å². The highest BCUT2D eigenvalue weighted by molar-refractivity contribution is 7.99. The van der Waals surface area contributed by atoms with E-state index in [0.717, 1.165) is 18.0 Å². The Morgan fingerprint density at radius 3 is 2.52 bits per heavy atom. The minimum Gasteiger partial charge on any atom is -0.361 e. The van der Waals surface area contributed by atoms with Crippen molar-refractivity contribution in [1.29, 1.82) is 0 Å². The zero-order chi connectivity index (χ0) is 14.9. The Morgan fingerprint density at radius 1 is 1.05 bits per heavy atom. The van der Waals surface area contributed by atoms with Gasteiger partial charge in [0, 0.05) is 17.2 Å². The van der Waals surface area contributed by atoms with Crippen LogP contribution in [0.15, 0.2) is 59.5 Å². The van der Waals surface area contributed by atoms with Crippen molar-refractivity contribution in [2.75, 3.05) is 17.7 Å². The maximum atomic E-state index is 6.03. The SMILES string of the molecule is S=C(NCCSc1ccccc1)NNc1ccccc1Cl. The van der Waals surface area contributed by atoms with Gasteiger partial charge in [0.05, 0.1) is 10.7 Å². The third kappa shape index (κ3) is 5.83. The zero-order valence-electron chi connectivity index (χ0n) is 11.3. The van der Waals surface area contributed by atoms with E-state index in [2.05, 4.69) is 28.3 Å². The first kappa shape index (κ1) is 15.9. The molecule has 3 N–H and O–H groups in total. The molecule has 0 aliphatic carbocycles. The molecule has 110 valence electrons. The number of hydrazine groups is 1. The second-order valence-electron chi connectivity index (χ2n) is 4.15. The number of anilines is 1.